The van der Waals surface area contributed by atoms with Crippen molar-refractivity contribution in [2.24, 2.45) is 0 Å². The summed E-state index contributed by atoms with van der Waals surface area (Å²) in [7, 11) is 2.75. The number of imidazole rings is 1. The molecule has 1 saturated heterocycles. The van der Waals surface area contributed by atoms with E-state index in [2.05, 4.69) is 19.7 Å². The fourth-order valence-electron chi connectivity index (χ4n) is 2.70. The largest absolute Gasteiger partial charge is 0.466 e. The normalized spacial score (nSPS) is 25.5. The van der Waals surface area contributed by atoms with E-state index in [1.807, 2.05) is 0 Å². The lowest BCUT2D eigenvalue weighted by Gasteiger charge is -2.19. The number of carbonyl (C=O) groups is 1. The van der Waals surface area contributed by atoms with Crippen molar-refractivity contribution in [2.75, 3.05) is 26.6 Å². The number of rotatable bonds is 4. The van der Waals surface area contributed by atoms with Gasteiger partial charge in [-0.25, -0.2) is 19.7 Å². The number of aromatic nitrogens is 4. The predicted octanol–water partition coefficient (Wildman–Crippen LogP) is -0.587. The Morgan fingerprint density at radius 1 is 1.46 bits per heavy atom. The van der Waals surface area contributed by atoms with Crippen molar-refractivity contribution in [1.29, 1.82) is 0 Å². The van der Waals surface area contributed by atoms with Crippen LogP contribution in [0.15, 0.2) is 24.3 Å². The van der Waals surface area contributed by atoms with Gasteiger partial charge in [0.25, 0.3) is 0 Å². The third-order valence-corrected chi connectivity index (χ3v) is 3.83. The Balaban J connectivity index is 2.05. The Morgan fingerprint density at radius 3 is 2.92 bits per heavy atom. The summed E-state index contributed by atoms with van der Waals surface area (Å²) in [6.45, 7) is -0.317. The first-order valence-electron chi connectivity index (χ1n) is 7.12. The summed E-state index contributed by atoms with van der Waals surface area (Å²) in [5, 5.41) is 9.56. The second kappa shape index (κ2) is 6.51. The van der Waals surface area contributed by atoms with Gasteiger partial charge in [-0.3, -0.25) is 4.57 Å². The van der Waals surface area contributed by atoms with Gasteiger partial charge in [-0.2, -0.15) is 0 Å². The summed E-state index contributed by atoms with van der Waals surface area (Å²) in [6.07, 6.45) is 2.06. The number of hydrogen-bond donors (Lipinski definition) is 2. The zero-order valence-corrected chi connectivity index (χ0v) is 13.1. The lowest BCUT2D eigenvalue weighted by atomic mass is 10.1. The van der Waals surface area contributed by atoms with Gasteiger partial charge >= 0.3 is 5.97 Å². The number of fused-ring (bicyclic) bond motifs is 1. The fraction of sp³-hybridized carbons (Fsp3) is 0.429. The van der Waals surface area contributed by atoms with Crippen LogP contribution in [0.5, 0.6) is 0 Å². The minimum atomic E-state index is -0.712. The molecule has 10 heteroatoms. The van der Waals surface area contributed by atoms with Crippen LogP contribution in [0, 0.1) is 0 Å². The lowest BCUT2D eigenvalue weighted by molar-refractivity contribution is -0.135. The number of methoxy groups -OCH3 is 2. The third kappa shape index (κ3) is 2.60. The van der Waals surface area contributed by atoms with Crippen LogP contribution >= 0.6 is 0 Å². The van der Waals surface area contributed by atoms with Crippen LogP contribution in [0.1, 0.15) is 6.23 Å². The fourth-order valence-corrected chi connectivity index (χ4v) is 2.70. The van der Waals surface area contributed by atoms with Crippen LogP contribution < -0.4 is 5.73 Å². The summed E-state index contributed by atoms with van der Waals surface area (Å²) >= 11 is 0. The number of carbonyl (C=O) groups excluding carboxylic acids is 1. The van der Waals surface area contributed by atoms with Crippen LogP contribution in [0.4, 0.5) is 5.82 Å². The van der Waals surface area contributed by atoms with Crippen molar-refractivity contribution in [3.8, 4) is 0 Å². The van der Waals surface area contributed by atoms with Gasteiger partial charge in [0.05, 0.1) is 20.0 Å². The van der Waals surface area contributed by atoms with Gasteiger partial charge in [0.1, 0.15) is 24.1 Å². The number of nitrogens with zero attached hydrogens (tertiary/aromatic N) is 4. The highest BCUT2D eigenvalue weighted by atomic mass is 16.6. The number of anilines is 1. The monoisotopic (exact) mass is 335 g/mol. The Morgan fingerprint density at radius 2 is 2.25 bits per heavy atom. The minimum absolute atomic E-state index is 0.245. The zero-order valence-electron chi connectivity index (χ0n) is 13.1. The van der Waals surface area contributed by atoms with E-state index in [1.54, 1.807) is 4.57 Å². The van der Waals surface area contributed by atoms with Gasteiger partial charge < -0.3 is 25.1 Å². The average molecular weight is 335 g/mol. The predicted molar refractivity (Wildman–Crippen MR) is 81.6 cm³/mol. The van der Waals surface area contributed by atoms with Crippen molar-refractivity contribution in [3.05, 3.63) is 24.3 Å². The quantitative estimate of drug-likeness (QED) is 0.555. The topological polar surface area (TPSA) is 135 Å². The van der Waals surface area contributed by atoms with Crippen molar-refractivity contribution >= 4 is 23.0 Å². The summed E-state index contributed by atoms with van der Waals surface area (Å²) in [5.41, 5.74) is 7.16. The van der Waals surface area contributed by atoms with E-state index in [4.69, 9.17) is 15.2 Å². The van der Waals surface area contributed by atoms with Crippen LogP contribution in [0.25, 0.3) is 11.2 Å². The van der Waals surface area contributed by atoms with Crippen molar-refractivity contribution < 1.29 is 24.1 Å². The molecule has 3 rings (SSSR count). The van der Waals surface area contributed by atoms with Crippen molar-refractivity contribution in [3.63, 3.8) is 0 Å². The maximum atomic E-state index is 11.6. The number of nitrogens with two attached hydrogens (primary N) is 1. The van der Waals surface area contributed by atoms with Crippen LogP contribution in [0.3, 0.4) is 0 Å². The minimum Gasteiger partial charge on any atom is -0.466 e. The Bertz CT molecular complexity index is 789. The molecule has 3 atom stereocenters. The van der Waals surface area contributed by atoms with E-state index in [-0.39, 0.29) is 12.4 Å². The first-order valence-corrected chi connectivity index (χ1v) is 7.12. The molecular formula is C14H17N5O5. The molecule has 0 saturated carbocycles. The van der Waals surface area contributed by atoms with Crippen molar-refractivity contribution in [1.82, 2.24) is 19.5 Å². The summed E-state index contributed by atoms with van der Waals surface area (Å²) in [5.74, 6) is -0.313. The molecule has 0 aromatic carbocycles. The molecule has 1 fully saturated rings. The molecule has 2 aromatic rings. The molecule has 1 aliphatic heterocycles. The molecule has 24 heavy (non-hydrogen) atoms. The molecule has 2 aromatic heterocycles. The lowest BCUT2D eigenvalue weighted by Crippen LogP contribution is -2.23. The number of hydrogen-bond acceptors (Lipinski definition) is 9. The van der Waals surface area contributed by atoms with E-state index in [1.165, 1.54) is 33.0 Å². The Kier molecular flexibility index (Phi) is 4.42. The van der Waals surface area contributed by atoms with E-state index in [0.717, 1.165) is 0 Å². The summed E-state index contributed by atoms with van der Waals surface area (Å²) in [4.78, 5) is 23.8. The first-order chi connectivity index (χ1) is 11.6. The summed E-state index contributed by atoms with van der Waals surface area (Å²) in [6, 6.07) is 0. The first kappa shape index (κ1) is 16.3. The number of ether oxygens (including phenoxy) is 3. The van der Waals surface area contributed by atoms with Gasteiger partial charge in [0.2, 0.25) is 0 Å². The summed E-state index contributed by atoms with van der Waals surface area (Å²) < 4.78 is 17.6. The molecular weight excluding hydrogens is 318 g/mol. The van der Waals surface area contributed by atoms with Gasteiger partial charge in [-0.05, 0) is 0 Å². The van der Waals surface area contributed by atoms with Crippen LogP contribution in [-0.2, 0) is 19.0 Å². The van der Waals surface area contributed by atoms with Crippen molar-refractivity contribution in [2.45, 2.75) is 18.4 Å². The molecule has 1 aliphatic rings. The van der Waals surface area contributed by atoms with E-state index in [9.17, 15) is 9.90 Å². The molecule has 3 heterocycles. The molecule has 0 unspecified atom stereocenters. The second-order valence-electron chi connectivity index (χ2n) is 5.10. The molecule has 10 nitrogen and oxygen atoms in total. The van der Waals surface area contributed by atoms with Gasteiger partial charge in [-0.15, -0.1) is 0 Å². The standard InChI is InChI=1S/C14H17N5O5/c1-22-9(21)3-7-8(4-20)24-14(11(7)23-2)19-6-18-10-12(15)16-5-17-13(10)19/h3,5-6,8,11,14,20H,4H2,1-2H3,(H2,15,16,17)/b7-3+/t8-,11-,14-/m1/s1. The van der Waals surface area contributed by atoms with Gasteiger partial charge in [-0.1, -0.05) is 0 Å². The number of esters is 1. The highest BCUT2D eigenvalue weighted by molar-refractivity contribution is 5.83. The second-order valence-corrected chi connectivity index (χ2v) is 5.10. The molecule has 0 amide bonds. The molecule has 0 aliphatic carbocycles. The Labute approximate surface area is 136 Å². The number of aliphatic hydroxyl groups excluding tert-OH is 1. The highest BCUT2D eigenvalue weighted by Gasteiger charge is 2.42. The third-order valence-electron chi connectivity index (χ3n) is 3.83. The van der Waals surface area contributed by atoms with E-state index < -0.39 is 24.4 Å². The average Bonchev–Trinajstić information content (AvgIpc) is 3.16. The highest BCUT2D eigenvalue weighted by Crippen LogP contribution is 2.37. The zero-order chi connectivity index (χ0) is 17.3. The molecule has 3 N–H and O–H groups in total. The maximum Gasteiger partial charge on any atom is 0.330 e. The SMILES string of the molecule is COC(=O)/C=C1/[C@@H](OC)[C@H](n2cnc3c(N)ncnc32)O[C@@H]1CO. The molecule has 0 bridgehead atoms. The van der Waals surface area contributed by atoms with Gasteiger partial charge in [0, 0.05) is 18.8 Å². The Hall–Kier alpha value is -2.56. The van der Waals surface area contributed by atoms with E-state index in [0.29, 0.717) is 16.7 Å². The maximum absolute atomic E-state index is 11.6. The molecule has 128 valence electrons. The molecule has 0 radical (unpaired) electrons. The van der Waals surface area contributed by atoms with Gasteiger partial charge in [0.15, 0.2) is 17.7 Å². The van der Waals surface area contributed by atoms with Crippen LogP contribution in [-0.4, -0.2) is 63.6 Å². The molecule has 0 spiro atoms. The van der Waals surface area contributed by atoms with E-state index >= 15 is 0 Å². The number of aliphatic hydroxyl groups is 1. The van der Waals surface area contributed by atoms with Crippen LogP contribution in [0.2, 0.25) is 0 Å². The number of nitrogen functional groups attached to an aromatic ring is 1. The smallest absolute Gasteiger partial charge is 0.330 e.